The van der Waals surface area contributed by atoms with E-state index in [1.54, 1.807) is 39.0 Å². The molecule has 0 bridgehead atoms. The zero-order chi connectivity index (χ0) is 20.5. The molecular formula is C19H25N3O5S. The highest BCUT2D eigenvalue weighted by atomic mass is 32.2. The van der Waals surface area contributed by atoms with Crippen molar-refractivity contribution in [2.45, 2.75) is 31.3 Å². The van der Waals surface area contributed by atoms with Crippen LogP contribution in [0.5, 0.6) is 5.75 Å². The first kappa shape index (κ1) is 20.3. The quantitative estimate of drug-likeness (QED) is 0.777. The number of methoxy groups -OCH3 is 1. The Hall–Kier alpha value is -2.39. The summed E-state index contributed by atoms with van der Waals surface area (Å²) in [6.45, 7) is 6.36. The largest absolute Gasteiger partial charge is 0.494 e. The third-order valence-corrected chi connectivity index (χ3v) is 6.38. The molecule has 3 rings (SSSR count). The highest BCUT2D eigenvalue weighted by Crippen LogP contribution is 2.30. The molecule has 152 valence electrons. The van der Waals surface area contributed by atoms with Gasteiger partial charge >= 0.3 is 6.09 Å². The summed E-state index contributed by atoms with van der Waals surface area (Å²) in [4.78, 5) is 18.2. The normalized spacial score (nSPS) is 16.2. The number of piperazine rings is 1. The van der Waals surface area contributed by atoms with E-state index >= 15 is 0 Å². The molecule has 1 aliphatic heterocycles. The number of benzene rings is 1. The van der Waals surface area contributed by atoms with Gasteiger partial charge in [-0.3, -0.25) is 4.98 Å². The Morgan fingerprint density at radius 2 is 1.79 bits per heavy atom. The molecule has 0 aliphatic carbocycles. The number of carbonyl (C=O) groups is 1. The van der Waals surface area contributed by atoms with Crippen LogP contribution in [0.4, 0.5) is 4.79 Å². The average Bonchev–Trinajstić information content (AvgIpc) is 2.65. The summed E-state index contributed by atoms with van der Waals surface area (Å²) >= 11 is 0. The van der Waals surface area contributed by atoms with Crippen LogP contribution in [0.1, 0.15) is 20.8 Å². The van der Waals surface area contributed by atoms with E-state index in [1.807, 2.05) is 0 Å². The Bertz CT molecular complexity index is 977. The van der Waals surface area contributed by atoms with Gasteiger partial charge in [0, 0.05) is 37.8 Å². The highest BCUT2D eigenvalue weighted by molar-refractivity contribution is 7.89. The first-order valence-electron chi connectivity index (χ1n) is 9.03. The van der Waals surface area contributed by atoms with Crippen molar-refractivity contribution in [3.05, 3.63) is 30.5 Å². The van der Waals surface area contributed by atoms with E-state index in [4.69, 9.17) is 9.47 Å². The predicted molar refractivity (Wildman–Crippen MR) is 105 cm³/mol. The first-order chi connectivity index (χ1) is 13.1. The van der Waals surface area contributed by atoms with Gasteiger partial charge in [0.2, 0.25) is 10.0 Å². The summed E-state index contributed by atoms with van der Waals surface area (Å²) in [5.74, 6) is 0.518. The van der Waals surface area contributed by atoms with Gasteiger partial charge < -0.3 is 14.4 Å². The van der Waals surface area contributed by atoms with Crippen molar-refractivity contribution in [3.8, 4) is 5.75 Å². The van der Waals surface area contributed by atoms with Crippen molar-refractivity contribution >= 4 is 27.0 Å². The smallest absolute Gasteiger partial charge is 0.410 e. The van der Waals surface area contributed by atoms with Gasteiger partial charge in [-0.25, -0.2) is 13.2 Å². The molecule has 1 saturated heterocycles. The van der Waals surface area contributed by atoms with Gasteiger partial charge in [0.1, 0.15) is 16.9 Å². The van der Waals surface area contributed by atoms with E-state index < -0.39 is 21.7 Å². The van der Waals surface area contributed by atoms with E-state index in [0.717, 1.165) is 0 Å². The molecule has 0 radical (unpaired) electrons. The third kappa shape index (κ3) is 4.05. The van der Waals surface area contributed by atoms with Gasteiger partial charge in [0.15, 0.2) is 0 Å². The second-order valence-corrected chi connectivity index (χ2v) is 9.44. The second-order valence-electron chi connectivity index (χ2n) is 7.54. The Morgan fingerprint density at radius 1 is 1.11 bits per heavy atom. The topological polar surface area (TPSA) is 89.0 Å². The van der Waals surface area contributed by atoms with Crippen molar-refractivity contribution < 1.29 is 22.7 Å². The molecule has 1 aliphatic rings. The van der Waals surface area contributed by atoms with Crippen molar-refractivity contribution in [2.75, 3.05) is 33.3 Å². The molecule has 1 aromatic carbocycles. The van der Waals surface area contributed by atoms with E-state index in [9.17, 15) is 13.2 Å². The number of nitrogens with zero attached hydrogens (tertiary/aromatic N) is 3. The van der Waals surface area contributed by atoms with Crippen LogP contribution in [0.25, 0.3) is 10.9 Å². The summed E-state index contributed by atoms with van der Waals surface area (Å²) in [5.41, 5.74) is -0.0894. The molecule has 1 fully saturated rings. The average molecular weight is 407 g/mol. The molecule has 2 aromatic rings. The minimum absolute atomic E-state index is 0.183. The molecule has 28 heavy (non-hydrogen) atoms. The Labute approximate surface area is 165 Å². The maximum Gasteiger partial charge on any atom is 0.410 e. The Kier molecular flexibility index (Phi) is 5.49. The molecule has 0 N–H and O–H groups in total. The number of ether oxygens (including phenoxy) is 2. The monoisotopic (exact) mass is 407 g/mol. The van der Waals surface area contributed by atoms with Crippen LogP contribution in [-0.4, -0.2) is 67.6 Å². The number of para-hydroxylation sites is 1. The molecule has 8 nitrogen and oxygen atoms in total. The summed E-state index contributed by atoms with van der Waals surface area (Å²) in [5, 5.41) is 0.511. The minimum Gasteiger partial charge on any atom is -0.494 e. The molecular weight excluding hydrogens is 382 g/mol. The van der Waals surface area contributed by atoms with Crippen LogP contribution in [0.15, 0.2) is 35.4 Å². The van der Waals surface area contributed by atoms with Gasteiger partial charge in [-0.15, -0.1) is 0 Å². The number of rotatable bonds is 3. The number of sulfonamides is 1. The Morgan fingerprint density at radius 3 is 2.39 bits per heavy atom. The van der Waals surface area contributed by atoms with E-state index in [0.29, 0.717) is 16.7 Å². The van der Waals surface area contributed by atoms with Crippen LogP contribution in [-0.2, 0) is 14.8 Å². The van der Waals surface area contributed by atoms with Crippen LogP contribution in [0, 0.1) is 0 Å². The maximum atomic E-state index is 13.2. The van der Waals surface area contributed by atoms with Crippen molar-refractivity contribution in [1.82, 2.24) is 14.2 Å². The molecule has 9 heteroatoms. The third-order valence-electron chi connectivity index (χ3n) is 4.42. The Balaban J connectivity index is 1.82. The van der Waals surface area contributed by atoms with E-state index in [1.165, 1.54) is 28.6 Å². The SMILES string of the molecule is COc1cccc2c(S(=O)(=O)N3CCN(C(=O)OC(C)(C)C)CC3)ccnc12. The zero-order valence-electron chi connectivity index (χ0n) is 16.5. The summed E-state index contributed by atoms with van der Waals surface area (Å²) in [6, 6.07) is 6.69. The maximum absolute atomic E-state index is 13.2. The van der Waals surface area contributed by atoms with Gasteiger partial charge in [0.05, 0.1) is 12.0 Å². The standard InChI is InChI=1S/C19H25N3O5S/c1-19(2,3)27-18(23)21-10-12-22(13-11-21)28(24,25)16-8-9-20-17-14(16)6-5-7-15(17)26-4/h5-9H,10-13H2,1-4H3. The van der Waals surface area contributed by atoms with Crippen molar-refractivity contribution in [1.29, 1.82) is 0 Å². The molecule has 0 unspecified atom stereocenters. The summed E-state index contributed by atoms with van der Waals surface area (Å²) < 4.78 is 38.5. The van der Waals surface area contributed by atoms with Gasteiger partial charge in [-0.05, 0) is 32.9 Å². The molecule has 0 saturated carbocycles. The molecule has 1 aromatic heterocycles. The minimum atomic E-state index is -3.74. The number of pyridine rings is 1. The van der Waals surface area contributed by atoms with Gasteiger partial charge in [-0.1, -0.05) is 12.1 Å². The zero-order valence-corrected chi connectivity index (χ0v) is 17.3. The fourth-order valence-electron chi connectivity index (χ4n) is 3.09. The lowest BCUT2D eigenvalue weighted by atomic mass is 10.2. The first-order valence-corrected chi connectivity index (χ1v) is 10.5. The van der Waals surface area contributed by atoms with Gasteiger partial charge in [0.25, 0.3) is 0 Å². The van der Waals surface area contributed by atoms with Gasteiger partial charge in [-0.2, -0.15) is 4.31 Å². The van der Waals surface area contributed by atoms with E-state index in [2.05, 4.69) is 4.98 Å². The lowest BCUT2D eigenvalue weighted by Gasteiger charge is -2.35. The molecule has 0 spiro atoms. The number of hydrogen-bond donors (Lipinski definition) is 0. The van der Waals surface area contributed by atoms with Crippen LogP contribution in [0.2, 0.25) is 0 Å². The lowest BCUT2D eigenvalue weighted by molar-refractivity contribution is 0.0192. The summed E-state index contributed by atoms with van der Waals surface area (Å²) in [6.07, 6.45) is 1.04. The molecule has 0 atom stereocenters. The van der Waals surface area contributed by atoms with Crippen molar-refractivity contribution in [3.63, 3.8) is 0 Å². The number of carbonyl (C=O) groups excluding carboxylic acids is 1. The highest BCUT2D eigenvalue weighted by Gasteiger charge is 2.33. The number of hydrogen-bond acceptors (Lipinski definition) is 6. The van der Waals surface area contributed by atoms with Crippen molar-refractivity contribution in [2.24, 2.45) is 0 Å². The molecule has 1 amide bonds. The summed E-state index contributed by atoms with van der Waals surface area (Å²) in [7, 11) is -2.22. The predicted octanol–water partition coefficient (Wildman–Crippen LogP) is 2.48. The second kappa shape index (κ2) is 7.56. The van der Waals surface area contributed by atoms with Crippen LogP contribution < -0.4 is 4.74 Å². The fraction of sp³-hybridized carbons (Fsp3) is 0.474. The van der Waals surface area contributed by atoms with Crippen LogP contribution >= 0.6 is 0 Å². The lowest BCUT2D eigenvalue weighted by Crippen LogP contribution is -2.51. The molecule has 2 heterocycles. The number of amides is 1. The fourth-order valence-corrected chi connectivity index (χ4v) is 4.69. The van der Waals surface area contributed by atoms with E-state index in [-0.39, 0.29) is 31.1 Å². The van der Waals surface area contributed by atoms with Crippen LogP contribution in [0.3, 0.4) is 0 Å². The number of aromatic nitrogens is 1. The number of fused-ring (bicyclic) bond motifs is 1.